The number of anilines is 1. The number of nitrogens with one attached hydrogen (secondary N) is 1. The Morgan fingerprint density at radius 2 is 1.74 bits per heavy atom. The first-order chi connectivity index (χ1) is 8.87. The smallest absolute Gasteiger partial charge is 0.0661 e. The summed E-state index contributed by atoms with van der Waals surface area (Å²) in [6, 6.07) is 8.14. The lowest BCUT2D eigenvalue weighted by atomic mass is 9.82. The van der Waals surface area contributed by atoms with Crippen molar-refractivity contribution < 1.29 is 5.11 Å². The monoisotopic (exact) mass is 327 g/mol. The minimum atomic E-state index is -0.233. The predicted molar refractivity (Wildman–Crippen MR) is 86.5 cm³/mol. The van der Waals surface area contributed by atoms with E-state index in [1.54, 1.807) is 0 Å². The van der Waals surface area contributed by atoms with E-state index in [-0.39, 0.29) is 12.1 Å². The summed E-state index contributed by atoms with van der Waals surface area (Å²) in [6.45, 7) is 8.97. The molecule has 0 heterocycles. The van der Waals surface area contributed by atoms with Crippen molar-refractivity contribution in [3.05, 3.63) is 28.7 Å². The number of hydrogen-bond donors (Lipinski definition) is 2. The van der Waals surface area contributed by atoms with Crippen molar-refractivity contribution >= 4 is 21.6 Å². The number of benzene rings is 1. The average Bonchev–Trinajstić information content (AvgIpc) is 2.26. The Morgan fingerprint density at radius 1 is 1.16 bits per heavy atom. The highest BCUT2D eigenvalue weighted by atomic mass is 79.9. The van der Waals surface area contributed by atoms with Gasteiger partial charge in [0.2, 0.25) is 0 Å². The number of aliphatic hydroxyl groups excluding tert-OH is 1. The predicted octanol–water partition coefficient (Wildman–Crippen LogP) is 4.68. The number of halogens is 1. The normalized spacial score (nSPS) is 12.2. The van der Waals surface area contributed by atoms with E-state index in [4.69, 9.17) is 0 Å². The van der Waals surface area contributed by atoms with E-state index in [2.05, 4.69) is 61.1 Å². The third-order valence-corrected chi connectivity index (χ3v) is 3.63. The Morgan fingerprint density at radius 3 is 2.16 bits per heavy atom. The minimum absolute atomic E-state index is 0.163. The van der Waals surface area contributed by atoms with Crippen LogP contribution in [-0.4, -0.2) is 17.3 Å². The molecule has 0 unspecified atom stereocenters. The molecule has 1 aromatic carbocycles. The molecule has 1 rings (SSSR count). The van der Waals surface area contributed by atoms with Crippen LogP contribution in [0.1, 0.15) is 40.5 Å². The van der Waals surface area contributed by atoms with E-state index in [9.17, 15) is 5.11 Å². The molecule has 0 fully saturated rings. The molecule has 0 atom stereocenters. The van der Waals surface area contributed by atoms with Gasteiger partial charge in [0.1, 0.15) is 0 Å². The molecule has 19 heavy (non-hydrogen) atoms. The minimum Gasteiger partial charge on any atom is -0.394 e. The summed E-state index contributed by atoms with van der Waals surface area (Å²) in [5.41, 5.74) is 0.827. The van der Waals surface area contributed by atoms with Crippen molar-refractivity contribution in [3.63, 3.8) is 0 Å². The highest BCUT2D eigenvalue weighted by Crippen LogP contribution is 2.30. The van der Waals surface area contributed by atoms with Gasteiger partial charge in [-0.3, -0.25) is 0 Å². The van der Waals surface area contributed by atoms with Crippen LogP contribution in [0.3, 0.4) is 0 Å². The second-order valence-electron chi connectivity index (χ2n) is 6.27. The molecule has 0 amide bonds. The molecular weight excluding hydrogens is 302 g/mol. The molecular formula is C16H26BrNO. The van der Waals surface area contributed by atoms with Crippen LogP contribution in [0.4, 0.5) is 5.69 Å². The lowest BCUT2D eigenvalue weighted by Crippen LogP contribution is -2.44. The van der Waals surface area contributed by atoms with Crippen LogP contribution in [0.25, 0.3) is 0 Å². The van der Waals surface area contributed by atoms with Gasteiger partial charge in [0.05, 0.1) is 12.1 Å². The molecule has 1 aromatic rings. The first-order valence-corrected chi connectivity index (χ1v) is 7.81. The van der Waals surface area contributed by atoms with Crippen LogP contribution >= 0.6 is 15.9 Å². The molecule has 3 heteroatoms. The summed E-state index contributed by atoms with van der Waals surface area (Å²) in [7, 11) is 0. The zero-order valence-electron chi connectivity index (χ0n) is 12.4. The van der Waals surface area contributed by atoms with E-state index in [0.29, 0.717) is 11.8 Å². The molecule has 0 aromatic heterocycles. The Labute approximate surface area is 125 Å². The lowest BCUT2D eigenvalue weighted by molar-refractivity contribution is 0.168. The van der Waals surface area contributed by atoms with Gasteiger partial charge in [0.15, 0.2) is 0 Å². The SMILES string of the molecule is CC(C)CC(CO)(CC(C)C)Nc1cccc(Br)c1. The molecule has 2 N–H and O–H groups in total. The first-order valence-electron chi connectivity index (χ1n) is 7.01. The van der Waals surface area contributed by atoms with Crippen molar-refractivity contribution in [1.82, 2.24) is 0 Å². The number of aliphatic hydroxyl groups is 1. The van der Waals surface area contributed by atoms with Crippen LogP contribution in [0.5, 0.6) is 0 Å². The quantitative estimate of drug-likeness (QED) is 0.761. The molecule has 0 saturated carbocycles. The summed E-state index contributed by atoms with van der Waals surface area (Å²) in [4.78, 5) is 0. The zero-order valence-corrected chi connectivity index (χ0v) is 14.0. The summed E-state index contributed by atoms with van der Waals surface area (Å²) >= 11 is 3.49. The van der Waals surface area contributed by atoms with E-state index in [0.717, 1.165) is 23.0 Å². The Bertz CT molecular complexity index is 380. The standard InChI is InChI=1S/C16H26BrNO/c1-12(2)9-16(11-19,10-13(3)4)18-15-7-5-6-14(17)8-15/h5-8,12-13,18-19H,9-11H2,1-4H3. The zero-order chi connectivity index (χ0) is 14.5. The Kier molecular flexibility index (Phi) is 6.34. The molecule has 0 aliphatic carbocycles. The average molecular weight is 328 g/mol. The van der Waals surface area contributed by atoms with E-state index < -0.39 is 0 Å². The Balaban J connectivity index is 2.94. The third-order valence-electron chi connectivity index (χ3n) is 3.13. The topological polar surface area (TPSA) is 32.3 Å². The van der Waals surface area contributed by atoms with Gasteiger partial charge in [-0.1, -0.05) is 49.7 Å². The second-order valence-corrected chi connectivity index (χ2v) is 7.19. The summed E-state index contributed by atoms with van der Waals surface area (Å²) in [6.07, 6.45) is 1.93. The first kappa shape index (κ1) is 16.5. The lowest BCUT2D eigenvalue weighted by Gasteiger charge is -2.37. The van der Waals surface area contributed by atoms with Crippen molar-refractivity contribution in [2.24, 2.45) is 11.8 Å². The van der Waals surface area contributed by atoms with Crippen molar-refractivity contribution in [2.75, 3.05) is 11.9 Å². The van der Waals surface area contributed by atoms with E-state index in [1.807, 2.05) is 12.1 Å². The van der Waals surface area contributed by atoms with Gasteiger partial charge in [-0.15, -0.1) is 0 Å². The van der Waals surface area contributed by atoms with Gasteiger partial charge in [0.25, 0.3) is 0 Å². The third kappa shape index (κ3) is 5.53. The molecule has 0 saturated heterocycles. The highest BCUT2D eigenvalue weighted by Gasteiger charge is 2.31. The molecule has 108 valence electrons. The van der Waals surface area contributed by atoms with Crippen LogP contribution in [-0.2, 0) is 0 Å². The van der Waals surface area contributed by atoms with Gasteiger partial charge in [-0.05, 0) is 42.9 Å². The molecule has 0 aliphatic rings. The van der Waals surface area contributed by atoms with Gasteiger partial charge >= 0.3 is 0 Å². The van der Waals surface area contributed by atoms with Crippen LogP contribution in [0.2, 0.25) is 0 Å². The molecule has 0 aliphatic heterocycles. The van der Waals surface area contributed by atoms with Crippen molar-refractivity contribution in [3.8, 4) is 0 Å². The van der Waals surface area contributed by atoms with Gasteiger partial charge in [-0.2, -0.15) is 0 Å². The molecule has 2 nitrogen and oxygen atoms in total. The van der Waals surface area contributed by atoms with Gasteiger partial charge < -0.3 is 10.4 Å². The highest BCUT2D eigenvalue weighted by molar-refractivity contribution is 9.10. The fourth-order valence-corrected chi connectivity index (χ4v) is 3.19. The second kappa shape index (κ2) is 7.30. The van der Waals surface area contributed by atoms with E-state index >= 15 is 0 Å². The van der Waals surface area contributed by atoms with Gasteiger partial charge in [0, 0.05) is 10.2 Å². The maximum atomic E-state index is 9.93. The maximum Gasteiger partial charge on any atom is 0.0661 e. The Hall–Kier alpha value is -0.540. The fraction of sp³-hybridized carbons (Fsp3) is 0.625. The van der Waals surface area contributed by atoms with Crippen LogP contribution < -0.4 is 5.32 Å². The summed E-state index contributed by atoms with van der Waals surface area (Å²) in [5.74, 6) is 1.09. The fourth-order valence-electron chi connectivity index (χ4n) is 2.79. The molecule has 0 spiro atoms. The summed E-state index contributed by atoms with van der Waals surface area (Å²) < 4.78 is 1.05. The van der Waals surface area contributed by atoms with E-state index in [1.165, 1.54) is 0 Å². The maximum absolute atomic E-state index is 9.93. The number of hydrogen-bond acceptors (Lipinski definition) is 2. The van der Waals surface area contributed by atoms with Crippen molar-refractivity contribution in [2.45, 2.75) is 46.1 Å². The molecule has 0 radical (unpaired) electrons. The van der Waals surface area contributed by atoms with Crippen molar-refractivity contribution in [1.29, 1.82) is 0 Å². The largest absolute Gasteiger partial charge is 0.394 e. The van der Waals surface area contributed by atoms with Crippen LogP contribution in [0.15, 0.2) is 28.7 Å². The molecule has 0 bridgehead atoms. The van der Waals surface area contributed by atoms with Crippen LogP contribution in [0, 0.1) is 11.8 Å². The van der Waals surface area contributed by atoms with Gasteiger partial charge in [-0.25, -0.2) is 0 Å². The summed E-state index contributed by atoms with van der Waals surface area (Å²) in [5, 5.41) is 13.5. The number of rotatable bonds is 7.